The fourth-order valence-corrected chi connectivity index (χ4v) is 4.96. The van der Waals surface area contributed by atoms with E-state index in [4.69, 9.17) is 0 Å². The molecular weight excluding hydrogens is 296 g/mol. The molecule has 0 aliphatic heterocycles. The average molecular weight is 322 g/mol. The average Bonchev–Trinajstić information content (AvgIpc) is 3.17. The number of aliphatic hydroxyl groups is 1. The van der Waals surface area contributed by atoms with E-state index in [2.05, 4.69) is 10.3 Å². The van der Waals surface area contributed by atoms with Crippen LogP contribution in [-0.2, 0) is 0 Å². The number of hydrogen-bond acceptors (Lipinski definition) is 4. The van der Waals surface area contributed by atoms with Crippen LogP contribution in [0.15, 0.2) is 0 Å². The quantitative estimate of drug-likeness (QED) is 0.893. The Morgan fingerprint density at radius 1 is 1.23 bits per heavy atom. The molecule has 3 rings (SSSR count). The maximum absolute atomic E-state index is 12.6. The molecule has 1 heterocycles. The van der Waals surface area contributed by atoms with Gasteiger partial charge in [0.1, 0.15) is 4.88 Å². The van der Waals surface area contributed by atoms with Crippen LogP contribution in [0.25, 0.3) is 0 Å². The number of carbonyl (C=O) groups excluding carboxylic acids is 1. The summed E-state index contributed by atoms with van der Waals surface area (Å²) in [6.07, 6.45) is 9.27. The Morgan fingerprint density at radius 2 is 1.91 bits per heavy atom. The molecule has 22 heavy (non-hydrogen) atoms. The van der Waals surface area contributed by atoms with Crippen molar-refractivity contribution in [1.82, 2.24) is 10.3 Å². The fraction of sp³-hybridized carbons (Fsp3) is 0.765. The second kappa shape index (κ2) is 7.09. The Bertz CT molecular complexity index is 523. The van der Waals surface area contributed by atoms with E-state index >= 15 is 0 Å². The molecule has 1 aromatic heterocycles. The molecule has 0 aromatic carbocycles. The van der Waals surface area contributed by atoms with Gasteiger partial charge in [-0.3, -0.25) is 4.79 Å². The molecule has 1 aromatic rings. The Labute approximate surface area is 136 Å². The van der Waals surface area contributed by atoms with Crippen LogP contribution in [0.4, 0.5) is 0 Å². The van der Waals surface area contributed by atoms with Gasteiger partial charge in [-0.2, -0.15) is 0 Å². The van der Waals surface area contributed by atoms with E-state index in [0.29, 0.717) is 5.92 Å². The van der Waals surface area contributed by atoms with Gasteiger partial charge in [0.05, 0.1) is 10.7 Å². The van der Waals surface area contributed by atoms with Gasteiger partial charge in [-0.25, -0.2) is 4.98 Å². The highest BCUT2D eigenvalue weighted by Crippen LogP contribution is 2.37. The van der Waals surface area contributed by atoms with E-state index in [9.17, 15) is 9.90 Å². The van der Waals surface area contributed by atoms with Gasteiger partial charge < -0.3 is 10.4 Å². The number of aryl methyl sites for hydroxylation is 1. The monoisotopic (exact) mass is 322 g/mol. The zero-order valence-corrected chi connectivity index (χ0v) is 14.1. The molecule has 0 bridgehead atoms. The van der Waals surface area contributed by atoms with E-state index in [1.165, 1.54) is 25.7 Å². The molecule has 2 unspecified atom stereocenters. The Balaban J connectivity index is 1.69. The minimum absolute atomic E-state index is 0.00426. The molecule has 0 radical (unpaired) electrons. The summed E-state index contributed by atoms with van der Waals surface area (Å²) >= 11 is 1.58. The van der Waals surface area contributed by atoms with Crippen molar-refractivity contribution in [3.05, 3.63) is 15.6 Å². The van der Waals surface area contributed by atoms with Gasteiger partial charge in [-0.15, -0.1) is 11.3 Å². The summed E-state index contributed by atoms with van der Waals surface area (Å²) < 4.78 is 0. The predicted octanol–water partition coefficient (Wildman–Crippen LogP) is 3.39. The van der Waals surface area contributed by atoms with Gasteiger partial charge in [-0.1, -0.05) is 25.7 Å². The van der Waals surface area contributed by atoms with E-state index < -0.39 is 0 Å². The third-order valence-electron chi connectivity index (χ3n) is 5.18. The highest BCUT2D eigenvalue weighted by Gasteiger charge is 2.28. The number of amides is 1. The molecule has 2 fully saturated rings. The molecule has 2 aliphatic carbocycles. The number of carbonyl (C=O) groups is 1. The second-order valence-electron chi connectivity index (χ2n) is 6.76. The number of aliphatic hydroxyl groups excluding tert-OH is 1. The fourth-order valence-electron chi connectivity index (χ4n) is 3.83. The van der Waals surface area contributed by atoms with Crippen molar-refractivity contribution in [2.24, 2.45) is 5.92 Å². The molecule has 2 saturated carbocycles. The summed E-state index contributed by atoms with van der Waals surface area (Å²) in [5.74, 6) is 0.773. The van der Waals surface area contributed by atoms with E-state index in [-0.39, 0.29) is 24.5 Å². The lowest BCUT2D eigenvalue weighted by Crippen LogP contribution is -2.43. The molecule has 0 saturated heterocycles. The van der Waals surface area contributed by atoms with Crippen LogP contribution in [0.1, 0.15) is 77.7 Å². The number of rotatable bonds is 4. The maximum atomic E-state index is 12.6. The molecule has 2 N–H and O–H groups in total. The van der Waals surface area contributed by atoms with E-state index in [1.807, 2.05) is 6.92 Å². The summed E-state index contributed by atoms with van der Waals surface area (Å²) in [5, 5.41) is 13.8. The van der Waals surface area contributed by atoms with Crippen molar-refractivity contribution in [1.29, 1.82) is 0 Å². The molecule has 2 atom stereocenters. The Morgan fingerprint density at radius 3 is 2.64 bits per heavy atom. The zero-order chi connectivity index (χ0) is 15.5. The van der Waals surface area contributed by atoms with Crippen molar-refractivity contribution >= 4 is 17.2 Å². The standard InChI is InChI=1S/C17H26N2O2S/c1-11-15(22-17(18-11)12-6-2-3-7-12)16(21)19-14-9-5-4-8-13(14)10-20/h12-14,20H,2-10H2,1H3,(H,19,21). The van der Waals surface area contributed by atoms with Gasteiger partial charge in [0.2, 0.25) is 0 Å². The second-order valence-corrected chi connectivity index (χ2v) is 7.79. The molecular formula is C17H26N2O2S. The number of hydrogen-bond donors (Lipinski definition) is 2. The molecule has 122 valence electrons. The van der Waals surface area contributed by atoms with Crippen LogP contribution >= 0.6 is 11.3 Å². The van der Waals surface area contributed by atoms with Gasteiger partial charge in [-0.05, 0) is 32.6 Å². The van der Waals surface area contributed by atoms with Crippen LogP contribution in [0, 0.1) is 12.8 Å². The predicted molar refractivity (Wildman–Crippen MR) is 88.4 cm³/mol. The first-order valence-corrected chi connectivity index (χ1v) is 9.39. The summed E-state index contributed by atoms with van der Waals surface area (Å²) in [5.41, 5.74) is 0.862. The van der Waals surface area contributed by atoms with Crippen molar-refractivity contribution in [2.75, 3.05) is 6.61 Å². The third kappa shape index (κ3) is 3.35. The van der Waals surface area contributed by atoms with Gasteiger partial charge in [0.25, 0.3) is 5.91 Å². The topological polar surface area (TPSA) is 62.2 Å². The lowest BCUT2D eigenvalue weighted by molar-refractivity contribution is 0.0876. The summed E-state index contributed by atoms with van der Waals surface area (Å²) in [7, 11) is 0. The van der Waals surface area contributed by atoms with Crippen molar-refractivity contribution < 1.29 is 9.90 Å². The normalized spacial score (nSPS) is 26.3. The van der Waals surface area contributed by atoms with Crippen LogP contribution in [0.3, 0.4) is 0 Å². The lowest BCUT2D eigenvalue weighted by Gasteiger charge is -2.30. The van der Waals surface area contributed by atoms with Crippen molar-refractivity contribution in [3.63, 3.8) is 0 Å². The number of thiazole rings is 1. The van der Waals surface area contributed by atoms with Gasteiger partial charge in [0.15, 0.2) is 0 Å². The third-order valence-corrected chi connectivity index (χ3v) is 6.50. The van der Waals surface area contributed by atoms with E-state index in [0.717, 1.165) is 41.3 Å². The number of nitrogens with zero attached hydrogens (tertiary/aromatic N) is 1. The Hall–Kier alpha value is -0.940. The van der Waals surface area contributed by atoms with Crippen molar-refractivity contribution in [3.8, 4) is 0 Å². The Kier molecular flexibility index (Phi) is 5.14. The van der Waals surface area contributed by atoms with E-state index in [1.54, 1.807) is 11.3 Å². The number of nitrogens with one attached hydrogen (secondary N) is 1. The zero-order valence-electron chi connectivity index (χ0n) is 13.3. The van der Waals surface area contributed by atoms with Crippen LogP contribution in [-0.4, -0.2) is 28.6 Å². The molecule has 1 amide bonds. The maximum Gasteiger partial charge on any atom is 0.263 e. The van der Waals surface area contributed by atoms with Gasteiger partial charge >= 0.3 is 0 Å². The molecule has 0 spiro atoms. The lowest BCUT2D eigenvalue weighted by atomic mass is 9.85. The number of aromatic nitrogens is 1. The largest absolute Gasteiger partial charge is 0.396 e. The summed E-state index contributed by atoms with van der Waals surface area (Å²) in [6.45, 7) is 2.11. The first-order valence-electron chi connectivity index (χ1n) is 8.58. The highest BCUT2D eigenvalue weighted by atomic mass is 32.1. The highest BCUT2D eigenvalue weighted by molar-refractivity contribution is 7.13. The molecule has 4 nitrogen and oxygen atoms in total. The SMILES string of the molecule is Cc1nc(C2CCCC2)sc1C(=O)NC1CCCCC1CO. The van der Waals surface area contributed by atoms with Crippen molar-refractivity contribution in [2.45, 2.75) is 70.3 Å². The van der Waals surface area contributed by atoms with Gasteiger partial charge in [0, 0.05) is 24.5 Å². The molecule has 5 heteroatoms. The first kappa shape index (κ1) is 15.9. The van der Waals surface area contributed by atoms with Crippen LogP contribution in [0.2, 0.25) is 0 Å². The minimum Gasteiger partial charge on any atom is -0.396 e. The minimum atomic E-state index is 0.00426. The summed E-state index contributed by atoms with van der Waals surface area (Å²) in [4.78, 5) is 18.0. The first-order chi connectivity index (χ1) is 10.7. The summed E-state index contributed by atoms with van der Waals surface area (Å²) in [6, 6.07) is 0.114. The van der Waals surface area contributed by atoms with Crippen LogP contribution in [0.5, 0.6) is 0 Å². The smallest absolute Gasteiger partial charge is 0.263 e. The van der Waals surface area contributed by atoms with Crippen LogP contribution < -0.4 is 5.32 Å². The molecule has 2 aliphatic rings.